The molecule has 6 heteroatoms. The maximum absolute atomic E-state index is 11.7. The minimum atomic E-state index is -3.13. The summed E-state index contributed by atoms with van der Waals surface area (Å²) in [7, 11) is -3.13. The van der Waals surface area contributed by atoms with Gasteiger partial charge >= 0.3 is 0 Å². The Kier molecular flexibility index (Phi) is 4.77. The molecule has 106 valence electrons. The van der Waals surface area contributed by atoms with Gasteiger partial charge < -0.3 is 5.32 Å². The van der Waals surface area contributed by atoms with E-state index in [1.807, 2.05) is 18.2 Å². The fourth-order valence-corrected chi connectivity index (χ4v) is 2.95. The number of rotatable bonds is 5. The zero-order valence-corrected chi connectivity index (χ0v) is 13.4. The quantitative estimate of drug-likeness (QED) is 0.837. The molecule has 0 amide bonds. The summed E-state index contributed by atoms with van der Waals surface area (Å²) in [6, 6.07) is 12.5. The molecule has 0 aliphatic heterocycles. The summed E-state index contributed by atoms with van der Waals surface area (Å²) in [6.45, 7) is 2.22. The number of nitrogens with zero attached hydrogens (tertiary/aromatic N) is 1. The highest BCUT2D eigenvalue weighted by atomic mass is 79.9. The van der Waals surface area contributed by atoms with E-state index in [2.05, 4.69) is 26.2 Å². The van der Waals surface area contributed by atoms with Crippen molar-refractivity contribution in [3.63, 3.8) is 0 Å². The summed E-state index contributed by atoms with van der Waals surface area (Å²) < 4.78 is 24.2. The number of hydrogen-bond donors (Lipinski definition) is 1. The molecular formula is C14H15BrN2O2S. The SMILES string of the molecule is CCS(=O)(=O)c1ccc(NCc2cccc(Br)n2)cc1. The molecular weight excluding hydrogens is 340 g/mol. The fraction of sp³-hybridized carbons (Fsp3) is 0.214. The number of sulfone groups is 1. The monoisotopic (exact) mass is 354 g/mol. The van der Waals surface area contributed by atoms with E-state index in [1.54, 1.807) is 31.2 Å². The lowest BCUT2D eigenvalue weighted by molar-refractivity contribution is 0.597. The Morgan fingerprint density at radius 1 is 1.15 bits per heavy atom. The van der Waals surface area contributed by atoms with E-state index < -0.39 is 9.84 Å². The van der Waals surface area contributed by atoms with Crippen molar-refractivity contribution in [2.45, 2.75) is 18.4 Å². The lowest BCUT2D eigenvalue weighted by atomic mass is 10.3. The second kappa shape index (κ2) is 6.37. The molecule has 1 aromatic heterocycles. The van der Waals surface area contributed by atoms with Crippen molar-refractivity contribution in [1.82, 2.24) is 4.98 Å². The summed E-state index contributed by atoms with van der Waals surface area (Å²) in [6.07, 6.45) is 0. The molecule has 20 heavy (non-hydrogen) atoms. The van der Waals surface area contributed by atoms with Crippen LogP contribution < -0.4 is 5.32 Å². The summed E-state index contributed by atoms with van der Waals surface area (Å²) in [5.41, 5.74) is 1.77. The molecule has 0 saturated heterocycles. The first kappa shape index (κ1) is 15.0. The normalized spacial score (nSPS) is 11.3. The third kappa shape index (κ3) is 3.80. The molecule has 0 spiro atoms. The van der Waals surface area contributed by atoms with Crippen LogP contribution in [0.2, 0.25) is 0 Å². The summed E-state index contributed by atoms with van der Waals surface area (Å²) >= 11 is 3.32. The van der Waals surface area contributed by atoms with Gasteiger partial charge in [0.2, 0.25) is 0 Å². The second-order valence-corrected chi connectivity index (χ2v) is 7.32. The van der Waals surface area contributed by atoms with E-state index in [0.29, 0.717) is 11.4 Å². The highest BCUT2D eigenvalue weighted by molar-refractivity contribution is 9.10. The van der Waals surface area contributed by atoms with Crippen molar-refractivity contribution < 1.29 is 8.42 Å². The number of nitrogens with one attached hydrogen (secondary N) is 1. The average molecular weight is 355 g/mol. The van der Waals surface area contributed by atoms with Gasteiger partial charge in [0.05, 0.1) is 22.9 Å². The van der Waals surface area contributed by atoms with Crippen LogP contribution in [-0.2, 0) is 16.4 Å². The van der Waals surface area contributed by atoms with E-state index in [9.17, 15) is 8.42 Å². The first-order valence-corrected chi connectivity index (χ1v) is 8.64. The van der Waals surface area contributed by atoms with Crippen LogP contribution in [0.3, 0.4) is 0 Å². The summed E-state index contributed by atoms with van der Waals surface area (Å²) in [5, 5.41) is 3.21. The van der Waals surface area contributed by atoms with E-state index in [0.717, 1.165) is 16.0 Å². The maximum Gasteiger partial charge on any atom is 0.178 e. The Bertz CT molecular complexity index is 685. The van der Waals surface area contributed by atoms with Gasteiger partial charge in [-0.3, -0.25) is 0 Å². The zero-order chi connectivity index (χ0) is 14.6. The van der Waals surface area contributed by atoms with E-state index in [4.69, 9.17) is 0 Å². The molecule has 0 radical (unpaired) electrons. The Balaban J connectivity index is 2.05. The molecule has 2 rings (SSSR count). The number of aromatic nitrogens is 1. The Morgan fingerprint density at radius 3 is 2.45 bits per heavy atom. The van der Waals surface area contributed by atoms with E-state index in [1.165, 1.54) is 0 Å². The van der Waals surface area contributed by atoms with Gasteiger partial charge in [0.15, 0.2) is 9.84 Å². The second-order valence-electron chi connectivity index (χ2n) is 4.23. The van der Waals surface area contributed by atoms with Gasteiger partial charge in [0.25, 0.3) is 0 Å². The number of anilines is 1. The van der Waals surface area contributed by atoms with Crippen LogP contribution in [0.1, 0.15) is 12.6 Å². The number of pyridine rings is 1. The minimum Gasteiger partial charge on any atom is -0.379 e. The van der Waals surface area contributed by atoms with E-state index in [-0.39, 0.29) is 5.75 Å². The highest BCUT2D eigenvalue weighted by Crippen LogP contribution is 2.16. The number of benzene rings is 1. The van der Waals surface area contributed by atoms with Gasteiger partial charge in [0.1, 0.15) is 4.60 Å². The van der Waals surface area contributed by atoms with E-state index >= 15 is 0 Å². The molecule has 1 N–H and O–H groups in total. The first-order chi connectivity index (χ1) is 9.51. The van der Waals surface area contributed by atoms with Crippen LogP contribution >= 0.6 is 15.9 Å². The lowest BCUT2D eigenvalue weighted by Crippen LogP contribution is -2.05. The van der Waals surface area contributed by atoms with Gasteiger partial charge in [-0.2, -0.15) is 0 Å². The van der Waals surface area contributed by atoms with Crippen LogP contribution in [0, 0.1) is 0 Å². The van der Waals surface area contributed by atoms with Crippen molar-refractivity contribution in [2.75, 3.05) is 11.1 Å². The lowest BCUT2D eigenvalue weighted by Gasteiger charge is -2.07. The third-order valence-electron chi connectivity index (χ3n) is 2.84. The molecule has 1 heterocycles. The van der Waals surface area contributed by atoms with Gasteiger partial charge in [0, 0.05) is 5.69 Å². The highest BCUT2D eigenvalue weighted by Gasteiger charge is 2.10. The largest absolute Gasteiger partial charge is 0.379 e. The Hall–Kier alpha value is -1.40. The molecule has 0 fully saturated rings. The van der Waals surface area contributed by atoms with Crippen molar-refractivity contribution in [2.24, 2.45) is 0 Å². The van der Waals surface area contributed by atoms with Crippen molar-refractivity contribution in [3.8, 4) is 0 Å². The van der Waals surface area contributed by atoms with Crippen molar-refractivity contribution >= 4 is 31.5 Å². The summed E-state index contributed by atoms with van der Waals surface area (Å²) in [4.78, 5) is 4.67. The molecule has 0 unspecified atom stereocenters. The van der Waals surface area contributed by atoms with Crippen LogP contribution in [0.15, 0.2) is 52.0 Å². The predicted molar refractivity (Wildman–Crippen MR) is 83.4 cm³/mol. The van der Waals surface area contributed by atoms with Crippen LogP contribution in [0.4, 0.5) is 5.69 Å². The molecule has 2 aromatic rings. The Labute approximate surface area is 127 Å². The topological polar surface area (TPSA) is 59.1 Å². The zero-order valence-electron chi connectivity index (χ0n) is 11.0. The smallest absolute Gasteiger partial charge is 0.178 e. The molecule has 0 atom stereocenters. The van der Waals surface area contributed by atoms with Crippen LogP contribution in [0.5, 0.6) is 0 Å². The van der Waals surface area contributed by atoms with Gasteiger partial charge in [-0.25, -0.2) is 13.4 Å². The molecule has 0 aliphatic carbocycles. The fourth-order valence-electron chi connectivity index (χ4n) is 1.69. The molecule has 1 aromatic carbocycles. The van der Waals surface area contributed by atoms with Gasteiger partial charge in [-0.15, -0.1) is 0 Å². The van der Waals surface area contributed by atoms with Crippen molar-refractivity contribution in [1.29, 1.82) is 0 Å². The van der Waals surface area contributed by atoms with Gasteiger partial charge in [-0.05, 0) is 52.3 Å². The average Bonchev–Trinajstić information content (AvgIpc) is 2.46. The Morgan fingerprint density at radius 2 is 1.85 bits per heavy atom. The summed E-state index contributed by atoms with van der Waals surface area (Å²) in [5.74, 6) is 0.113. The van der Waals surface area contributed by atoms with Crippen molar-refractivity contribution in [3.05, 3.63) is 52.8 Å². The number of hydrogen-bond acceptors (Lipinski definition) is 4. The van der Waals surface area contributed by atoms with Crippen LogP contribution in [-0.4, -0.2) is 19.2 Å². The van der Waals surface area contributed by atoms with Gasteiger partial charge in [-0.1, -0.05) is 13.0 Å². The molecule has 0 bridgehead atoms. The predicted octanol–water partition coefficient (Wildman–Crippen LogP) is 3.25. The molecule has 0 saturated carbocycles. The standard InChI is InChI=1S/C14H15BrN2O2S/c1-2-20(18,19)13-8-6-11(7-9-13)16-10-12-4-3-5-14(15)17-12/h3-9,16H,2,10H2,1H3. The first-order valence-electron chi connectivity index (χ1n) is 6.19. The van der Waals surface area contributed by atoms with Crippen LogP contribution in [0.25, 0.3) is 0 Å². The minimum absolute atomic E-state index is 0.113. The number of halogens is 1. The molecule has 0 aliphatic rings. The maximum atomic E-state index is 11.7. The third-order valence-corrected chi connectivity index (χ3v) is 5.03. The molecule has 4 nitrogen and oxygen atoms in total.